The van der Waals surface area contributed by atoms with Gasteiger partial charge in [0.25, 0.3) is 0 Å². The van der Waals surface area contributed by atoms with Crippen LogP contribution in [0.2, 0.25) is 0 Å². The average molecular weight is 521 g/mol. The van der Waals surface area contributed by atoms with Gasteiger partial charge in [-0.15, -0.1) is 0 Å². The van der Waals surface area contributed by atoms with Crippen LogP contribution < -0.4 is 10.2 Å². The van der Waals surface area contributed by atoms with Crippen molar-refractivity contribution in [3.8, 4) is 0 Å². The van der Waals surface area contributed by atoms with Crippen LogP contribution in [0.5, 0.6) is 0 Å². The molecule has 3 unspecified atom stereocenters. The van der Waals surface area contributed by atoms with Gasteiger partial charge in [0.05, 0.1) is 30.8 Å². The van der Waals surface area contributed by atoms with Gasteiger partial charge in [-0.05, 0) is 97.6 Å². The standard InChI is InChI=1S/C30H37FN4O3/c1-30-11-10-24-23-7-4-21(31)16-19(23)2-6-25(24)29(30)20(17-26(30)34-37)3-9-28(36)33-27-8-5-22(18-32-27)35-12-14-38-15-13-35/h4-5,7-8,16,18,20,24-25,29,37H,2-3,6,9-15,17H2,1H3,(H,32,33,36)/b34-26+/t20-,24?,25?,29?,30-/m1/s1. The number of anilines is 2. The maximum atomic E-state index is 13.9. The molecule has 3 fully saturated rings. The van der Waals surface area contributed by atoms with Gasteiger partial charge in [0.2, 0.25) is 5.91 Å². The molecule has 2 N–H and O–H groups in total. The highest BCUT2D eigenvalue weighted by Crippen LogP contribution is 2.62. The maximum absolute atomic E-state index is 13.9. The zero-order valence-electron chi connectivity index (χ0n) is 22.0. The number of hydrogen-bond donors (Lipinski definition) is 2. The molecule has 5 atom stereocenters. The van der Waals surface area contributed by atoms with Crippen LogP contribution in [0.15, 0.2) is 41.7 Å². The predicted molar refractivity (Wildman–Crippen MR) is 144 cm³/mol. The maximum Gasteiger partial charge on any atom is 0.225 e. The van der Waals surface area contributed by atoms with Crippen molar-refractivity contribution >= 4 is 23.1 Å². The van der Waals surface area contributed by atoms with Crippen LogP contribution in [0.25, 0.3) is 0 Å². The summed E-state index contributed by atoms with van der Waals surface area (Å²) in [5, 5.41) is 16.7. The van der Waals surface area contributed by atoms with E-state index in [1.165, 1.54) is 5.56 Å². The molecule has 3 aliphatic carbocycles. The number of benzene rings is 1. The summed E-state index contributed by atoms with van der Waals surface area (Å²) in [4.78, 5) is 19.6. The molecule has 8 heteroatoms. The van der Waals surface area contributed by atoms with Crippen LogP contribution in [-0.4, -0.2) is 48.1 Å². The van der Waals surface area contributed by atoms with Crippen LogP contribution >= 0.6 is 0 Å². The van der Waals surface area contributed by atoms with Gasteiger partial charge in [-0.1, -0.05) is 18.1 Å². The van der Waals surface area contributed by atoms with E-state index in [0.717, 1.165) is 81.8 Å². The summed E-state index contributed by atoms with van der Waals surface area (Å²) in [5.74, 6) is 1.85. The lowest BCUT2D eigenvalue weighted by Gasteiger charge is -2.50. The van der Waals surface area contributed by atoms with Gasteiger partial charge in [0.15, 0.2) is 0 Å². The zero-order valence-corrected chi connectivity index (χ0v) is 22.0. The van der Waals surface area contributed by atoms with Crippen LogP contribution in [-0.2, 0) is 16.0 Å². The molecular weight excluding hydrogens is 483 g/mol. The molecule has 1 aliphatic heterocycles. The van der Waals surface area contributed by atoms with E-state index < -0.39 is 0 Å². The van der Waals surface area contributed by atoms with Crippen molar-refractivity contribution in [3.63, 3.8) is 0 Å². The number of pyridine rings is 1. The predicted octanol–water partition coefficient (Wildman–Crippen LogP) is 5.39. The molecule has 38 heavy (non-hydrogen) atoms. The molecule has 1 aromatic heterocycles. The minimum absolute atomic E-state index is 0.0375. The van der Waals surface area contributed by atoms with Crippen molar-refractivity contribution in [1.82, 2.24) is 4.98 Å². The Bertz CT molecular complexity index is 1210. The van der Waals surface area contributed by atoms with Crippen LogP contribution in [0.4, 0.5) is 15.9 Å². The smallest absolute Gasteiger partial charge is 0.225 e. The fourth-order valence-corrected chi connectivity index (χ4v) is 8.04. The molecule has 2 saturated carbocycles. The number of amides is 1. The number of carbonyl (C=O) groups excluding carboxylic acids is 1. The molecular formula is C30H37FN4O3. The molecule has 4 aliphatic rings. The number of fused-ring (bicyclic) bond motifs is 5. The number of aryl methyl sites for hydroxylation is 1. The van der Waals surface area contributed by atoms with E-state index in [2.05, 4.69) is 27.3 Å². The molecule has 6 rings (SSSR count). The molecule has 7 nitrogen and oxygen atoms in total. The molecule has 0 spiro atoms. The van der Waals surface area contributed by atoms with E-state index >= 15 is 0 Å². The van der Waals surface area contributed by atoms with Gasteiger partial charge in [-0.3, -0.25) is 4.79 Å². The third-order valence-corrected chi connectivity index (χ3v) is 9.82. The summed E-state index contributed by atoms with van der Waals surface area (Å²) in [6.07, 6.45) is 7.57. The largest absolute Gasteiger partial charge is 0.411 e. The Balaban J connectivity index is 1.13. The number of halogens is 1. The quantitative estimate of drug-likeness (QED) is 0.408. The Morgan fingerprint density at radius 3 is 2.87 bits per heavy atom. The number of oxime groups is 1. The molecule has 0 bridgehead atoms. The lowest BCUT2D eigenvalue weighted by atomic mass is 9.54. The number of rotatable bonds is 5. The summed E-state index contributed by atoms with van der Waals surface area (Å²) >= 11 is 0. The van der Waals surface area contributed by atoms with Gasteiger partial charge >= 0.3 is 0 Å². The fourth-order valence-electron chi connectivity index (χ4n) is 8.04. The number of aromatic nitrogens is 1. The first-order valence-electron chi connectivity index (χ1n) is 14.0. The number of hydrogen-bond acceptors (Lipinski definition) is 6. The van der Waals surface area contributed by atoms with E-state index in [-0.39, 0.29) is 23.1 Å². The third-order valence-electron chi connectivity index (χ3n) is 9.82. The fraction of sp³-hybridized carbons (Fsp3) is 0.567. The molecule has 2 aromatic rings. The van der Waals surface area contributed by atoms with Crippen molar-refractivity contribution in [1.29, 1.82) is 0 Å². The Kier molecular flexibility index (Phi) is 6.84. The second kappa shape index (κ2) is 10.3. The number of ether oxygens (including phenoxy) is 1. The van der Waals surface area contributed by atoms with Gasteiger partial charge < -0.3 is 20.2 Å². The first-order chi connectivity index (χ1) is 18.5. The Morgan fingerprint density at radius 1 is 1.26 bits per heavy atom. The van der Waals surface area contributed by atoms with E-state index in [0.29, 0.717) is 30.0 Å². The lowest BCUT2D eigenvalue weighted by molar-refractivity contribution is -0.116. The molecule has 202 valence electrons. The molecule has 1 amide bonds. The van der Waals surface area contributed by atoms with Crippen molar-refractivity contribution in [2.75, 3.05) is 36.5 Å². The summed E-state index contributed by atoms with van der Waals surface area (Å²) < 4.78 is 19.3. The second-order valence-corrected chi connectivity index (χ2v) is 11.7. The van der Waals surface area contributed by atoms with Gasteiger partial charge in [0, 0.05) is 24.9 Å². The first-order valence-corrected chi connectivity index (χ1v) is 14.0. The lowest BCUT2D eigenvalue weighted by Crippen LogP contribution is -2.44. The highest BCUT2D eigenvalue weighted by atomic mass is 19.1. The monoisotopic (exact) mass is 520 g/mol. The number of carbonyl (C=O) groups is 1. The molecule has 0 radical (unpaired) electrons. The molecule has 1 aromatic carbocycles. The Morgan fingerprint density at radius 2 is 2.11 bits per heavy atom. The van der Waals surface area contributed by atoms with E-state index in [1.54, 1.807) is 12.1 Å². The third kappa shape index (κ3) is 4.57. The first kappa shape index (κ1) is 25.3. The molecule has 1 saturated heterocycles. The van der Waals surface area contributed by atoms with Crippen molar-refractivity contribution in [3.05, 3.63) is 53.5 Å². The van der Waals surface area contributed by atoms with Crippen LogP contribution in [0.1, 0.15) is 62.5 Å². The summed E-state index contributed by atoms with van der Waals surface area (Å²) in [7, 11) is 0. The minimum Gasteiger partial charge on any atom is -0.411 e. The highest BCUT2D eigenvalue weighted by molar-refractivity contribution is 5.93. The summed E-state index contributed by atoms with van der Waals surface area (Å²) in [6.45, 7) is 5.38. The van der Waals surface area contributed by atoms with E-state index in [1.807, 2.05) is 24.4 Å². The van der Waals surface area contributed by atoms with E-state index in [9.17, 15) is 14.4 Å². The minimum atomic E-state index is -0.160. The SMILES string of the molecule is C[C@]12CCC3c4ccc(F)cc4CCC3C1[C@H](CCC(=O)Nc1ccc(N3CCOCC3)cn1)C/C2=N\O. The number of nitrogens with zero attached hydrogens (tertiary/aromatic N) is 3. The van der Waals surface area contributed by atoms with Gasteiger partial charge in [-0.25, -0.2) is 9.37 Å². The van der Waals surface area contributed by atoms with Gasteiger partial charge in [-0.2, -0.15) is 0 Å². The van der Waals surface area contributed by atoms with Crippen molar-refractivity contribution in [2.45, 2.75) is 57.8 Å². The average Bonchev–Trinajstić information content (AvgIpc) is 3.24. The summed E-state index contributed by atoms with van der Waals surface area (Å²) in [5.41, 5.74) is 4.22. The number of morpholine rings is 1. The van der Waals surface area contributed by atoms with Crippen LogP contribution in [0, 0.1) is 29.0 Å². The molecule has 2 heterocycles. The summed E-state index contributed by atoms with van der Waals surface area (Å²) in [6, 6.07) is 9.14. The zero-order chi connectivity index (χ0) is 26.3. The van der Waals surface area contributed by atoms with Crippen molar-refractivity contribution in [2.24, 2.45) is 28.3 Å². The Labute approximate surface area is 223 Å². The number of nitrogens with one attached hydrogen (secondary N) is 1. The van der Waals surface area contributed by atoms with Gasteiger partial charge in [0.1, 0.15) is 11.6 Å². The topological polar surface area (TPSA) is 87.1 Å². The van der Waals surface area contributed by atoms with E-state index in [4.69, 9.17) is 4.74 Å². The highest BCUT2D eigenvalue weighted by Gasteiger charge is 2.57. The van der Waals surface area contributed by atoms with Crippen LogP contribution in [0.3, 0.4) is 0 Å². The van der Waals surface area contributed by atoms with Crippen molar-refractivity contribution < 1.29 is 19.1 Å². The normalized spacial score (nSPS) is 31.4. The second-order valence-electron chi connectivity index (χ2n) is 11.7. The Hall–Kier alpha value is -3.00.